The standard InChI is InChI=1S/C27H32N6O2/c34-25(15-27(13-7-2-8-14-27)19-33-20-29-30-31-33)28-16-23(21-9-3-1-4-10-21)18-32-17-22-11-5-6-12-24(22)26(32)35/h1,3-6,9-12,20,23H,2,7-8,13-19H2,(H,28,34). The number of fused-ring (bicyclic) bond motifs is 1. The van der Waals surface area contributed by atoms with Gasteiger partial charge in [-0.3, -0.25) is 9.59 Å². The van der Waals surface area contributed by atoms with Crippen LogP contribution in [0.15, 0.2) is 60.9 Å². The fourth-order valence-electron chi connectivity index (χ4n) is 5.67. The molecule has 0 saturated heterocycles. The van der Waals surface area contributed by atoms with Gasteiger partial charge in [-0.05, 0) is 45.9 Å². The molecule has 2 amide bonds. The smallest absolute Gasteiger partial charge is 0.254 e. The molecule has 1 saturated carbocycles. The number of tetrazole rings is 1. The highest BCUT2D eigenvalue weighted by Crippen LogP contribution is 2.40. The largest absolute Gasteiger partial charge is 0.355 e. The summed E-state index contributed by atoms with van der Waals surface area (Å²) >= 11 is 0. The van der Waals surface area contributed by atoms with Gasteiger partial charge in [-0.25, -0.2) is 4.68 Å². The van der Waals surface area contributed by atoms with E-state index in [2.05, 4.69) is 33.0 Å². The molecule has 1 aliphatic carbocycles. The summed E-state index contributed by atoms with van der Waals surface area (Å²) in [6, 6.07) is 17.9. The molecule has 8 heteroatoms. The van der Waals surface area contributed by atoms with Gasteiger partial charge in [0.1, 0.15) is 6.33 Å². The third kappa shape index (κ3) is 5.42. The first-order valence-corrected chi connectivity index (χ1v) is 12.5. The van der Waals surface area contributed by atoms with Gasteiger partial charge >= 0.3 is 0 Å². The minimum atomic E-state index is -0.119. The molecule has 5 rings (SSSR count). The van der Waals surface area contributed by atoms with Crippen LogP contribution in [-0.2, 0) is 17.9 Å². The Hall–Kier alpha value is -3.55. The average Bonchev–Trinajstić information content (AvgIpc) is 3.50. The zero-order chi connectivity index (χ0) is 24.1. The summed E-state index contributed by atoms with van der Waals surface area (Å²) in [6.45, 7) is 2.33. The maximum absolute atomic E-state index is 13.2. The quantitative estimate of drug-likeness (QED) is 0.514. The molecule has 2 heterocycles. The molecule has 1 unspecified atom stereocenters. The molecule has 3 aromatic rings. The summed E-state index contributed by atoms with van der Waals surface area (Å²) in [5.41, 5.74) is 2.85. The first-order valence-electron chi connectivity index (χ1n) is 12.5. The SMILES string of the molecule is O=C(CC1(Cn2cnnn2)CCCCC1)NCC(CN1Cc2ccccc2C1=O)c1ccccc1. The van der Waals surface area contributed by atoms with E-state index in [1.807, 2.05) is 47.4 Å². The lowest BCUT2D eigenvalue weighted by Crippen LogP contribution is -2.39. The third-order valence-electron chi connectivity index (χ3n) is 7.49. The van der Waals surface area contributed by atoms with Crippen LogP contribution in [0.3, 0.4) is 0 Å². The lowest BCUT2D eigenvalue weighted by atomic mass is 9.71. The van der Waals surface area contributed by atoms with E-state index in [0.717, 1.165) is 42.4 Å². The van der Waals surface area contributed by atoms with Crippen molar-refractivity contribution >= 4 is 11.8 Å². The summed E-state index contributed by atoms with van der Waals surface area (Å²) in [5.74, 6) is 0.132. The predicted octanol–water partition coefficient (Wildman–Crippen LogP) is 3.57. The van der Waals surface area contributed by atoms with Crippen LogP contribution >= 0.6 is 0 Å². The summed E-state index contributed by atoms with van der Waals surface area (Å²) < 4.78 is 1.75. The lowest BCUT2D eigenvalue weighted by molar-refractivity contribution is -0.124. The zero-order valence-electron chi connectivity index (χ0n) is 20.0. The van der Waals surface area contributed by atoms with Crippen molar-refractivity contribution in [2.24, 2.45) is 5.41 Å². The molecular formula is C27H32N6O2. The van der Waals surface area contributed by atoms with Gasteiger partial charge in [0.25, 0.3) is 5.91 Å². The second-order valence-corrected chi connectivity index (χ2v) is 10.00. The molecule has 8 nitrogen and oxygen atoms in total. The van der Waals surface area contributed by atoms with Gasteiger partial charge in [-0.2, -0.15) is 0 Å². The Labute approximate surface area is 205 Å². The normalized spacial score (nSPS) is 17.7. The number of hydrogen-bond donors (Lipinski definition) is 1. The molecule has 2 aliphatic rings. The van der Waals surface area contributed by atoms with E-state index in [0.29, 0.717) is 32.6 Å². The Bertz CT molecular complexity index is 1140. The van der Waals surface area contributed by atoms with E-state index >= 15 is 0 Å². The molecule has 1 aromatic heterocycles. The first kappa shape index (κ1) is 23.2. The molecule has 182 valence electrons. The predicted molar refractivity (Wildman–Crippen MR) is 131 cm³/mol. The molecule has 1 N–H and O–H groups in total. The Balaban J connectivity index is 1.26. The Morgan fingerprint density at radius 2 is 1.80 bits per heavy atom. The van der Waals surface area contributed by atoms with Crippen molar-refractivity contribution in [3.63, 3.8) is 0 Å². The maximum atomic E-state index is 13.2. The minimum Gasteiger partial charge on any atom is -0.355 e. The van der Waals surface area contributed by atoms with Crippen LogP contribution in [0.2, 0.25) is 0 Å². The molecule has 0 spiro atoms. The van der Waals surface area contributed by atoms with E-state index in [1.165, 1.54) is 6.42 Å². The van der Waals surface area contributed by atoms with Crippen LogP contribution in [0.4, 0.5) is 0 Å². The van der Waals surface area contributed by atoms with Crippen molar-refractivity contribution in [2.75, 3.05) is 13.1 Å². The van der Waals surface area contributed by atoms with E-state index in [4.69, 9.17) is 0 Å². The van der Waals surface area contributed by atoms with Crippen molar-refractivity contribution < 1.29 is 9.59 Å². The monoisotopic (exact) mass is 472 g/mol. The molecule has 1 atom stereocenters. The maximum Gasteiger partial charge on any atom is 0.254 e. The van der Waals surface area contributed by atoms with Crippen molar-refractivity contribution in [3.05, 3.63) is 77.6 Å². The molecule has 0 radical (unpaired) electrons. The molecule has 2 aromatic carbocycles. The number of aromatic nitrogens is 4. The van der Waals surface area contributed by atoms with Crippen molar-refractivity contribution in [1.29, 1.82) is 0 Å². The summed E-state index contributed by atoms with van der Waals surface area (Å²) in [5, 5.41) is 14.8. The molecule has 1 fully saturated rings. The summed E-state index contributed by atoms with van der Waals surface area (Å²) in [7, 11) is 0. The number of rotatable bonds is 9. The zero-order valence-corrected chi connectivity index (χ0v) is 20.0. The molecule has 1 aliphatic heterocycles. The fraction of sp³-hybridized carbons (Fsp3) is 0.444. The van der Waals surface area contributed by atoms with E-state index in [1.54, 1.807) is 11.0 Å². The van der Waals surface area contributed by atoms with Crippen molar-refractivity contribution in [2.45, 2.75) is 57.5 Å². The van der Waals surface area contributed by atoms with Crippen molar-refractivity contribution in [3.8, 4) is 0 Å². The summed E-state index contributed by atoms with van der Waals surface area (Å²) in [4.78, 5) is 28.1. The Kier molecular flexibility index (Phi) is 6.88. The van der Waals surface area contributed by atoms with Crippen LogP contribution in [0.5, 0.6) is 0 Å². The number of nitrogens with zero attached hydrogens (tertiary/aromatic N) is 5. The Morgan fingerprint density at radius 1 is 1.03 bits per heavy atom. The second kappa shape index (κ2) is 10.4. The van der Waals surface area contributed by atoms with E-state index < -0.39 is 0 Å². The van der Waals surface area contributed by atoms with Gasteiger partial charge in [0, 0.05) is 37.5 Å². The number of carbonyl (C=O) groups excluding carboxylic acids is 2. The van der Waals surface area contributed by atoms with Gasteiger partial charge in [-0.1, -0.05) is 67.8 Å². The van der Waals surface area contributed by atoms with Gasteiger partial charge in [0.05, 0.1) is 6.54 Å². The average molecular weight is 473 g/mol. The number of hydrogen-bond acceptors (Lipinski definition) is 5. The summed E-state index contributed by atoms with van der Waals surface area (Å²) in [6.07, 6.45) is 7.56. The molecule has 35 heavy (non-hydrogen) atoms. The topological polar surface area (TPSA) is 93.0 Å². The highest BCUT2D eigenvalue weighted by atomic mass is 16.2. The highest BCUT2D eigenvalue weighted by molar-refractivity contribution is 5.98. The minimum absolute atomic E-state index is 0.0141. The Morgan fingerprint density at radius 3 is 2.54 bits per heavy atom. The lowest BCUT2D eigenvalue weighted by Gasteiger charge is -2.36. The first-order chi connectivity index (χ1) is 17.1. The van der Waals surface area contributed by atoms with Crippen LogP contribution < -0.4 is 5.32 Å². The van der Waals surface area contributed by atoms with Crippen LogP contribution in [0.1, 0.15) is 65.9 Å². The van der Waals surface area contributed by atoms with Gasteiger partial charge in [0.2, 0.25) is 5.91 Å². The second-order valence-electron chi connectivity index (χ2n) is 10.00. The number of benzene rings is 2. The van der Waals surface area contributed by atoms with Crippen LogP contribution in [0, 0.1) is 5.41 Å². The van der Waals surface area contributed by atoms with Crippen LogP contribution in [0.25, 0.3) is 0 Å². The van der Waals surface area contributed by atoms with E-state index in [-0.39, 0.29) is 23.1 Å². The van der Waals surface area contributed by atoms with Gasteiger partial charge < -0.3 is 10.2 Å². The number of nitrogens with one attached hydrogen (secondary N) is 1. The van der Waals surface area contributed by atoms with Gasteiger partial charge in [0.15, 0.2) is 0 Å². The van der Waals surface area contributed by atoms with E-state index in [9.17, 15) is 9.59 Å². The van der Waals surface area contributed by atoms with Crippen molar-refractivity contribution in [1.82, 2.24) is 30.4 Å². The third-order valence-corrected chi connectivity index (χ3v) is 7.49. The van der Waals surface area contributed by atoms with Crippen LogP contribution in [-0.4, -0.2) is 50.0 Å². The molecular weight excluding hydrogens is 440 g/mol. The molecule has 0 bridgehead atoms. The number of amides is 2. The van der Waals surface area contributed by atoms with Gasteiger partial charge in [-0.15, -0.1) is 5.10 Å². The highest BCUT2D eigenvalue weighted by Gasteiger charge is 2.36. The number of carbonyl (C=O) groups is 2. The fourth-order valence-corrected chi connectivity index (χ4v) is 5.67.